The Morgan fingerprint density at radius 1 is 1.29 bits per heavy atom. The van der Waals surface area contributed by atoms with Gasteiger partial charge in [0.05, 0.1) is 24.4 Å². The maximum absolute atomic E-state index is 13.8. The van der Waals surface area contributed by atoms with Crippen LogP contribution in [0.4, 0.5) is 8.78 Å². The van der Waals surface area contributed by atoms with Gasteiger partial charge >= 0.3 is 5.97 Å². The standard InChI is InChI=1S/C27H38F2O5/c1-17(2)34-27(32)5-3-4-18-6-11-23-22(25(31)15-26(23)33-16-18)12-10-21(30)9-7-19-14-20(28)8-13-24(19)29/h8,10,12-14,17-18,21-23,25-26,30-31H,3-7,9,11,15-16H2,1-2H3/b12-10+/t18-,21-,22+,23+,25+,26-/m0/s1. The topological polar surface area (TPSA) is 76.0 Å². The summed E-state index contributed by atoms with van der Waals surface area (Å²) in [6.45, 7) is 4.32. The van der Waals surface area contributed by atoms with Gasteiger partial charge in [0.2, 0.25) is 0 Å². The number of halogens is 2. The minimum Gasteiger partial charge on any atom is -0.463 e. The van der Waals surface area contributed by atoms with Gasteiger partial charge in [-0.2, -0.15) is 0 Å². The molecule has 2 N–H and O–H groups in total. The van der Waals surface area contributed by atoms with Gasteiger partial charge in [-0.3, -0.25) is 4.79 Å². The summed E-state index contributed by atoms with van der Waals surface area (Å²) in [5.74, 6) is -0.683. The largest absolute Gasteiger partial charge is 0.463 e. The van der Waals surface area contributed by atoms with E-state index in [9.17, 15) is 23.8 Å². The Bertz CT molecular complexity index is 827. The van der Waals surface area contributed by atoms with Crippen molar-refractivity contribution < 1.29 is 33.3 Å². The summed E-state index contributed by atoms with van der Waals surface area (Å²) >= 11 is 0. The maximum Gasteiger partial charge on any atom is 0.306 e. The molecule has 1 saturated carbocycles. The van der Waals surface area contributed by atoms with Crippen LogP contribution in [0.5, 0.6) is 0 Å². The first kappa shape index (κ1) is 26.8. The Hall–Kier alpha value is -1.83. The predicted octanol–water partition coefficient (Wildman–Crippen LogP) is 4.73. The van der Waals surface area contributed by atoms with E-state index in [4.69, 9.17) is 9.47 Å². The van der Waals surface area contributed by atoms with Crippen molar-refractivity contribution in [1.29, 1.82) is 0 Å². The Balaban J connectivity index is 1.47. The molecule has 1 saturated heterocycles. The molecule has 0 unspecified atom stereocenters. The van der Waals surface area contributed by atoms with Gasteiger partial charge in [0.1, 0.15) is 11.6 Å². The lowest BCUT2D eigenvalue weighted by molar-refractivity contribution is -0.147. The van der Waals surface area contributed by atoms with E-state index in [1.165, 1.54) is 0 Å². The van der Waals surface area contributed by atoms with Gasteiger partial charge in [-0.1, -0.05) is 12.2 Å². The van der Waals surface area contributed by atoms with Gasteiger partial charge in [0, 0.05) is 25.4 Å². The van der Waals surface area contributed by atoms with E-state index in [1.807, 2.05) is 19.9 Å². The number of hydrogen-bond acceptors (Lipinski definition) is 5. The second-order valence-electron chi connectivity index (χ2n) is 10.0. The molecular formula is C27H38F2O5. The lowest BCUT2D eigenvalue weighted by Gasteiger charge is -2.21. The van der Waals surface area contributed by atoms with Crippen molar-refractivity contribution in [2.75, 3.05) is 6.61 Å². The second-order valence-corrected chi connectivity index (χ2v) is 10.0. The van der Waals surface area contributed by atoms with Crippen molar-refractivity contribution in [2.45, 2.75) is 89.6 Å². The van der Waals surface area contributed by atoms with Crippen LogP contribution < -0.4 is 0 Å². The number of rotatable bonds is 10. The number of aliphatic hydroxyl groups excluding tert-OH is 2. The highest BCUT2D eigenvalue weighted by molar-refractivity contribution is 5.69. The molecule has 7 heteroatoms. The lowest BCUT2D eigenvalue weighted by atomic mass is 9.86. The molecule has 0 spiro atoms. The van der Waals surface area contributed by atoms with Crippen LogP contribution in [0.1, 0.15) is 64.4 Å². The fourth-order valence-corrected chi connectivity index (χ4v) is 5.19. The summed E-state index contributed by atoms with van der Waals surface area (Å²) in [5.41, 5.74) is 0.245. The molecule has 1 aliphatic heterocycles. The summed E-state index contributed by atoms with van der Waals surface area (Å²) in [6, 6.07) is 3.33. The van der Waals surface area contributed by atoms with Gasteiger partial charge in [-0.05, 0) is 88.0 Å². The highest BCUT2D eigenvalue weighted by Crippen LogP contribution is 2.42. The number of esters is 1. The Kier molecular flexibility index (Phi) is 10.0. The summed E-state index contributed by atoms with van der Waals surface area (Å²) in [5, 5.41) is 20.9. The van der Waals surface area contributed by atoms with E-state index >= 15 is 0 Å². The summed E-state index contributed by atoms with van der Waals surface area (Å²) in [7, 11) is 0. The minimum absolute atomic E-state index is 0.0147. The fraction of sp³-hybridized carbons (Fsp3) is 0.667. The van der Waals surface area contributed by atoms with Crippen LogP contribution in [-0.2, 0) is 20.7 Å². The number of carbonyl (C=O) groups excluding carboxylic acids is 1. The summed E-state index contributed by atoms with van der Waals surface area (Å²) in [4.78, 5) is 11.7. The molecule has 1 aliphatic carbocycles. The number of aliphatic hydroxyl groups is 2. The van der Waals surface area contributed by atoms with Crippen LogP contribution >= 0.6 is 0 Å². The zero-order valence-electron chi connectivity index (χ0n) is 20.2. The van der Waals surface area contributed by atoms with Crippen molar-refractivity contribution in [3.05, 3.63) is 47.5 Å². The van der Waals surface area contributed by atoms with Gasteiger partial charge in [-0.25, -0.2) is 8.78 Å². The second kappa shape index (κ2) is 12.8. The van der Waals surface area contributed by atoms with Crippen LogP contribution in [0, 0.1) is 29.4 Å². The van der Waals surface area contributed by atoms with E-state index in [2.05, 4.69) is 0 Å². The average Bonchev–Trinajstić information content (AvgIpc) is 2.94. The molecule has 3 rings (SSSR count). The molecule has 0 aromatic heterocycles. The van der Waals surface area contributed by atoms with Gasteiger partial charge in [-0.15, -0.1) is 0 Å². The molecule has 0 amide bonds. The molecule has 34 heavy (non-hydrogen) atoms. The van der Waals surface area contributed by atoms with Gasteiger partial charge in [0.15, 0.2) is 0 Å². The maximum atomic E-state index is 13.8. The average molecular weight is 481 g/mol. The smallest absolute Gasteiger partial charge is 0.306 e. The Morgan fingerprint density at radius 2 is 2.09 bits per heavy atom. The van der Waals surface area contributed by atoms with Crippen LogP contribution in [-0.4, -0.2) is 47.2 Å². The number of benzene rings is 1. The molecule has 6 atom stereocenters. The first-order valence-corrected chi connectivity index (χ1v) is 12.5. The normalized spacial score (nSPS) is 28.1. The number of fused-ring (bicyclic) bond motifs is 1. The van der Waals surface area contributed by atoms with Crippen molar-refractivity contribution in [2.24, 2.45) is 17.8 Å². The molecule has 5 nitrogen and oxygen atoms in total. The molecule has 2 fully saturated rings. The van der Waals surface area contributed by atoms with E-state index in [-0.39, 0.29) is 48.4 Å². The highest BCUT2D eigenvalue weighted by atomic mass is 19.1. The van der Waals surface area contributed by atoms with Crippen molar-refractivity contribution in [3.63, 3.8) is 0 Å². The molecular weight excluding hydrogens is 442 g/mol. The summed E-state index contributed by atoms with van der Waals surface area (Å²) < 4.78 is 38.5. The van der Waals surface area contributed by atoms with E-state index in [0.29, 0.717) is 25.4 Å². The highest BCUT2D eigenvalue weighted by Gasteiger charge is 2.43. The SMILES string of the molecule is CC(C)OC(=O)CCC[C@H]1CC[C@@H]2[C@@H](/C=C/[C@@H](O)CCc3cc(F)ccc3F)[C@H](O)C[C@@H]2OC1. The van der Waals surface area contributed by atoms with Crippen LogP contribution in [0.2, 0.25) is 0 Å². The first-order valence-electron chi connectivity index (χ1n) is 12.5. The quantitative estimate of drug-likeness (QED) is 0.374. The van der Waals surface area contributed by atoms with Gasteiger partial charge < -0.3 is 19.7 Å². The van der Waals surface area contributed by atoms with E-state index in [1.54, 1.807) is 6.08 Å². The third kappa shape index (κ3) is 7.85. The predicted molar refractivity (Wildman–Crippen MR) is 125 cm³/mol. The van der Waals surface area contributed by atoms with Crippen molar-refractivity contribution in [1.82, 2.24) is 0 Å². The Morgan fingerprint density at radius 3 is 2.85 bits per heavy atom. The number of ether oxygens (including phenoxy) is 2. The van der Waals surface area contributed by atoms with Gasteiger partial charge in [0.25, 0.3) is 0 Å². The van der Waals surface area contributed by atoms with E-state index < -0.39 is 23.8 Å². The van der Waals surface area contributed by atoms with Crippen LogP contribution in [0.3, 0.4) is 0 Å². The van der Waals surface area contributed by atoms with Crippen LogP contribution in [0.15, 0.2) is 30.4 Å². The third-order valence-corrected chi connectivity index (χ3v) is 6.98. The zero-order chi connectivity index (χ0) is 24.7. The molecule has 190 valence electrons. The zero-order valence-corrected chi connectivity index (χ0v) is 20.2. The monoisotopic (exact) mass is 480 g/mol. The first-order chi connectivity index (χ1) is 16.2. The minimum atomic E-state index is -0.807. The van der Waals surface area contributed by atoms with Crippen LogP contribution in [0.25, 0.3) is 0 Å². The van der Waals surface area contributed by atoms with Crippen molar-refractivity contribution in [3.8, 4) is 0 Å². The molecule has 1 aromatic carbocycles. The van der Waals surface area contributed by atoms with Crippen molar-refractivity contribution >= 4 is 5.97 Å². The third-order valence-electron chi connectivity index (χ3n) is 6.98. The molecule has 0 radical (unpaired) electrons. The molecule has 0 bridgehead atoms. The summed E-state index contributed by atoms with van der Waals surface area (Å²) in [6.07, 6.45) is 7.15. The number of aryl methyl sites for hydroxylation is 1. The Labute approximate surface area is 201 Å². The molecule has 1 heterocycles. The molecule has 2 aliphatic rings. The lowest BCUT2D eigenvalue weighted by Crippen LogP contribution is -2.21. The molecule has 1 aromatic rings. The number of hydrogen-bond donors (Lipinski definition) is 2. The number of carbonyl (C=O) groups is 1. The van der Waals surface area contributed by atoms with E-state index in [0.717, 1.165) is 43.9 Å². The fourth-order valence-electron chi connectivity index (χ4n) is 5.19.